The molecule has 0 saturated carbocycles. The predicted octanol–water partition coefficient (Wildman–Crippen LogP) is 2.06. The zero-order valence-corrected chi connectivity index (χ0v) is 15.4. The van der Waals surface area contributed by atoms with Gasteiger partial charge in [-0.25, -0.2) is 0 Å². The van der Waals surface area contributed by atoms with E-state index in [4.69, 9.17) is 9.47 Å². The number of hydrogen-bond donors (Lipinski definition) is 1. The van der Waals surface area contributed by atoms with E-state index in [9.17, 15) is 0 Å². The van der Waals surface area contributed by atoms with Crippen molar-refractivity contribution in [1.82, 2.24) is 15.1 Å². The van der Waals surface area contributed by atoms with Gasteiger partial charge < -0.3 is 24.6 Å². The monoisotopic (exact) mass is 345 g/mol. The van der Waals surface area contributed by atoms with Crippen LogP contribution in [0.1, 0.15) is 36.4 Å². The molecule has 1 aromatic carbocycles. The summed E-state index contributed by atoms with van der Waals surface area (Å²) in [5.41, 5.74) is 2.85. The van der Waals surface area contributed by atoms with Gasteiger partial charge in [-0.15, -0.1) is 0 Å². The molecule has 0 spiro atoms. The van der Waals surface area contributed by atoms with Gasteiger partial charge >= 0.3 is 0 Å². The van der Waals surface area contributed by atoms with Crippen LogP contribution >= 0.6 is 0 Å². The summed E-state index contributed by atoms with van der Waals surface area (Å²) in [5, 5.41) is 3.78. The van der Waals surface area contributed by atoms with Crippen LogP contribution in [-0.4, -0.2) is 69.3 Å². The Kier molecular flexibility index (Phi) is 5.44. The number of rotatable bonds is 5. The van der Waals surface area contributed by atoms with Crippen molar-refractivity contribution in [2.24, 2.45) is 0 Å². The summed E-state index contributed by atoms with van der Waals surface area (Å²) in [7, 11) is 2.23. The normalized spacial score (nSPS) is 24.1. The second-order valence-corrected chi connectivity index (χ2v) is 7.59. The molecule has 0 aromatic heterocycles. The lowest BCUT2D eigenvalue weighted by atomic mass is 10.1. The molecular weight excluding hydrogens is 314 g/mol. The maximum Gasteiger partial charge on any atom is 0.161 e. The number of nitrogens with zero attached hydrogens (tertiary/aromatic N) is 2. The zero-order valence-electron chi connectivity index (χ0n) is 15.4. The van der Waals surface area contributed by atoms with Crippen LogP contribution in [0.25, 0.3) is 0 Å². The fraction of sp³-hybridized carbons (Fsp3) is 0.700. The SMILES string of the molecule is CN1CCCN(CCCN[C@@H]2CCc3cc4c(cc32)OCCO4)CC1. The number of hydrogen-bond acceptors (Lipinski definition) is 5. The van der Waals surface area contributed by atoms with Crippen molar-refractivity contribution in [1.29, 1.82) is 0 Å². The summed E-state index contributed by atoms with van der Waals surface area (Å²) in [6.45, 7) is 8.54. The number of fused-ring (bicyclic) bond motifs is 2. The molecular formula is C20H31N3O2. The van der Waals surface area contributed by atoms with E-state index < -0.39 is 0 Å². The summed E-state index contributed by atoms with van der Waals surface area (Å²) < 4.78 is 11.5. The van der Waals surface area contributed by atoms with Gasteiger partial charge in [-0.1, -0.05) is 0 Å². The fourth-order valence-electron chi connectivity index (χ4n) is 4.26. The molecule has 3 aliphatic rings. The van der Waals surface area contributed by atoms with Gasteiger partial charge in [-0.2, -0.15) is 0 Å². The Labute approximate surface area is 151 Å². The Hall–Kier alpha value is -1.30. The smallest absolute Gasteiger partial charge is 0.161 e. The first kappa shape index (κ1) is 17.1. The number of nitrogens with one attached hydrogen (secondary N) is 1. The molecule has 1 atom stereocenters. The van der Waals surface area contributed by atoms with Crippen molar-refractivity contribution in [3.63, 3.8) is 0 Å². The first-order chi connectivity index (χ1) is 12.3. The standard InChI is InChI=1S/C20H31N3O2/c1-22-7-3-9-23(11-10-22)8-2-6-21-18-5-4-16-14-19-20(15-17(16)18)25-13-12-24-19/h14-15,18,21H,2-13H2,1H3/t18-/m1/s1. The van der Waals surface area contributed by atoms with Crippen molar-refractivity contribution in [3.8, 4) is 11.5 Å². The highest BCUT2D eigenvalue weighted by molar-refractivity contribution is 5.50. The van der Waals surface area contributed by atoms with Crippen LogP contribution in [0.5, 0.6) is 11.5 Å². The van der Waals surface area contributed by atoms with Crippen LogP contribution in [0.3, 0.4) is 0 Å². The molecule has 1 saturated heterocycles. The summed E-state index contributed by atoms with van der Waals surface area (Å²) in [5.74, 6) is 1.85. The Morgan fingerprint density at radius 2 is 1.92 bits per heavy atom. The molecule has 1 N–H and O–H groups in total. The van der Waals surface area contributed by atoms with E-state index in [0.29, 0.717) is 19.3 Å². The van der Waals surface area contributed by atoms with Gasteiger partial charge in [-0.05, 0) is 82.2 Å². The highest BCUT2D eigenvalue weighted by atomic mass is 16.6. The van der Waals surface area contributed by atoms with E-state index >= 15 is 0 Å². The molecule has 2 heterocycles. The molecule has 0 amide bonds. The van der Waals surface area contributed by atoms with Crippen LogP contribution in [0.4, 0.5) is 0 Å². The van der Waals surface area contributed by atoms with Crippen LogP contribution in [0.2, 0.25) is 0 Å². The average molecular weight is 345 g/mol. The van der Waals surface area contributed by atoms with E-state index in [1.165, 1.54) is 63.1 Å². The first-order valence-electron chi connectivity index (χ1n) is 9.86. The van der Waals surface area contributed by atoms with Crippen molar-refractivity contribution < 1.29 is 9.47 Å². The van der Waals surface area contributed by atoms with Crippen LogP contribution in [0, 0.1) is 0 Å². The van der Waals surface area contributed by atoms with Crippen molar-refractivity contribution in [3.05, 3.63) is 23.3 Å². The van der Waals surface area contributed by atoms with E-state index in [1.54, 1.807) is 0 Å². The molecule has 1 fully saturated rings. The Bertz CT molecular complexity index is 593. The molecule has 4 rings (SSSR count). The largest absolute Gasteiger partial charge is 0.486 e. The molecule has 5 nitrogen and oxygen atoms in total. The van der Waals surface area contributed by atoms with Gasteiger partial charge in [-0.3, -0.25) is 0 Å². The lowest BCUT2D eigenvalue weighted by molar-refractivity contribution is 0.171. The molecule has 0 unspecified atom stereocenters. The highest BCUT2D eigenvalue weighted by Gasteiger charge is 2.26. The van der Waals surface area contributed by atoms with Gasteiger partial charge in [0.1, 0.15) is 13.2 Å². The maximum absolute atomic E-state index is 5.76. The van der Waals surface area contributed by atoms with Gasteiger partial charge in [0, 0.05) is 19.1 Å². The Balaban J connectivity index is 1.26. The van der Waals surface area contributed by atoms with Gasteiger partial charge in [0.05, 0.1) is 0 Å². The van der Waals surface area contributed by atoms with Crippen LogP contribution < -0.4 is 14.8 Å². The Morgan fingerprint density at radius 3 is 2.80 bits per heavy atom. The topological polar surface area (TPSA) is 37.0 Å². The van der Waals surface area contributed by atoms with Crippen LogP contribution in [0.15, 0.2) is 12.1 Å². The molecule has 25 heavy (non-hydrogen) atoms. The van der Waals surface area contributed by atoms with Crippen molar-refractivity contribution in [2.45, 2.75) is 31.7 Å². The molecule has 5 heteroatoms. The number of aryl methyl sites for hydroxylation is 1. The van der Waals surface area contributed by atoms with E-state index in [1.807, 2.05) is 0 Å². The Morgan fingerprint density at radius 1 is 1.08 bits per heavy atom. The third kappa shape index (κ3) is 4.10. The number of likely N-dealkylation sites (N-methyl/N-ethyl adjacent to an activating group) is 1. The minimum Gasteiger partial charge on any atom is -0.486 e. The van der Waals surface area contributed by atoms with Crippen LogP contribution in [-0.2, 0) is 6.42 Å². The van der Waals surface area contributed by atoms with Gasteiger partial charge in [0.25, 0.3) is 0 Å². The van der Waals surface area contributed by atoms with Gasteiger partial charge in [0.15, 0.2) is 11.5 Å². The number of benzene rings is 1. The van der Waals surface area contributed by atoms with Crippen molar-refractivity contribution >= 4 is 0 Å². The zero-order chi connectivity index (χ0) is 17.1. The minimum absolute atomic E-state index is 0.473. The van der Waals surface area contributed by atoms with E-state index in [-0.39, 0.29) is 0 Å². The number of ether oxygens (including phenoxy) is 2. The highest BCUT2D eigenvalue weighted by Crippen LogP contribution is 2.40. The maximum atomic E-state index is 5.76. The lowest BCUT2D eigenvalue weighted by Crippen LogP contribution is -2.31. The summed E-state index contributed by atoms with van der Waals surface area (Å²) in [6.07, 6.45) is 4.85. The van der Waals surface area contributed by atoms with E-state index in [2.05, 4.69) is 34.3 Å². The molecule has 0 radical (unpaired) electrons. The summed E-state index contributed by atoms with van der Waals surface area (Å²) in [6, 6.07) is 4.87. The summed E-state index contributed by atoms with van der Waals surface area (Å²) in [4.78, 5) is 5.06. The average Bonchev–Trinajstić information content (AvgIpc) is 2.90. The summed E-state index contributed by atoms with van der Waals surface area (Å²) >= 11 is 0. The van der Waals surface area contributed by atoms with Crippen molar-refractivity contribution in [2.75, 3.05) is 59.5 Å². The first-order valence-corrected chi connectivity index (χ1v) is 9.86. The molecule has 0 bridgehead atoms. The second kappa shape index (κ2) is 7.94. The third-order valence-electron chi connectivity index (χ3n) is 5.74. The third-order valence-corrected chi connectivity index (χ3v) is 5.74. The second-order valence-electron chi connectivity index (χ2n) is 7.59. The lowest BCUT2D eigenvalue weighted by Gasteiger charge is -2.22. The molecule has 138 valence electrons. The molecule has 2 aliphatic heterocycles. The molecule has 1 aliphatic carbocycles. The minimum atomic E-state index is 0.473. The van der Waals surface area contributed by atoms with E-state index in [0.717, 1.165) is 24.5 Å². The molecule has 1 aromatic rings. The quantitative estimate of drug-likeness (QED) is 0.827. The fourth-order valence-corrected chi connectivity index (χ4v) is 4.26. The predicted molar refractivity (Wildman–Crippen MR) is 99.7 cm³/mol. The van der Waals surface area contributed by atoms with Gasteiger partial charge in [0.2, 0.25) is 0 Å².